The number of methoxy groups -OCH3 is 1. The van der Waals surface area contributed by atoms with Gasteiger partial charge in [0.2, 0.25) is 0 Å². The zero-order chi connectivity index (χ0) is 27.8. The Morgan fingerprint density at radius 1 is 0.892 bits per heavy atom. The average molecular weight is 522 g/mol. The Balaban J connectivity index is 2.94. The van der Waals surface area contributed by atoms with Crippen LogP contribution in [0.25, 0.3) is 0 Å². The Morgan fingerprint density at radius 3 is 2.03 bits per heavy atom. The molecule has 208 valence electrons. The van der Waals surface area contributed by atoms with E-state index in [2.05, 4.69) is 5.32 Å². The lowest BCUT2D eigenvalue weighted by molar-refractivity contribution is -0.145. The van der Waals surface area contributed by atoms with E-state index in [0.717, 1.165) is 12.8 Å². The van der Waals surface area contributed by atoms with E-state index in [-0.39, 0.29) is 55.3 Å². The summed E-state index contributed by atoms with van der Waals surface area (Å²) in [6.45, 7) is 10.2. The van der Waals surface area contributed by atoms with Crippen LogP contribution in [0.3, 0.4) is 0 Å². The second-order valence-corrected chi connectivity index (χ2v) is 10.1. The molecule has 1 aromatic rings. The number of ether oxygens (including phenoxy) is 4. The first kappa shape index (κ1) is 32.1. The van der Waals surface area contributed by atoms with Crippen LogP contribution in [-0.2, 0) is 35.1 Å². The summed E-state index contributed by atoms with van der Waals surface area (Å²) in [7, 11) is 1.29. The normalized spacial score (nSPS) is 11.9. The van der Waals surface area contributed by atoms with Crippen molar-refractivity contribution in [1.82, 2.24) is 5.32 Å². The van der Waals surface area contributed by atoms with Crippen LogP contribution in [-0.4, -0.2) is 50.2 Å². The fourth-order valence-corrected chi connectivity index (χ4v) is 3.33. The van der Waals surface area contributed by atoms with Crippen LogP contribution < -0.4 is 14.8 Å². The van der Waals surface area contributed by atoms with Gasteiger partial charge < -0.3 is 24.3 Å². The molecule has 0 amide bonds. The molecule has 0 aliphatic rings. The number of unbranched alkanes of at least 4 members (excludes halogenated alkanes) is 2. The second kappa shape index (κ2) is 16.7. The van der Waals surface area contributed by atoms with Gasteiger partial charge in [0.25, 0.3) is 0 Å². The summed E-state index contributed by atoms with van der Waals surface area (Å²) in [5.74, 6) is -1.34. The van der Waals surface area contributed by atoms with Gasteiger partial charge in [-0.05, 0) is 42.4 Å². The van der Waals surface area contributed by atoms with Crippen LogP contribution in [0.4, 0.5) is 0 Å². The van der Waals surface area contributed by atoms with Crippen molar-refractivity contribution in [3.63, 3.8) is 0 Å². The lowest BCUT2D eigenvalue weighted by atomic mass is 9.93. The summed E-state index contributed by atoms with van der Waals surface area (Å²) in [4.78, 5) is 48.8. The molecule has 9 heteroatoms. The Morgan fingerprint density at radius 2 is 1.49 bits per heavy atom. The first-order valence-electron chi connectivity index (χ1n) is 13.0. The fraction of sp³-hybridized carbons (Fsp3) is 0.643. The molecule has 0 fully saturated rings. The van der Waals surface area contributed by atoms with Gasteiger partial charge in [0, 0.05) is 19.4 Å². The van der Waals surface area contributed by atoms with E-state index in [1.165, 1.54) is 7.11 Å². The largest absolute Gasteiger partial charge is 0.468 e. The first-order chi connectivity index (χ1) is 17.5. The predicted molar refractivity (Wildman–Crippen MR) is 139 cm³/mol. The van der Waals surface area contributed by atoms with Crippen LogP contribution in [0, 0.1) is 5.41 Å². The second-order valence-electron chi connectivity index (χ2n) is 10.1. The SMILES string of the molecule is CCCCC(=O)Oc1ccc(C[C@H](NCCOC(=O)CC(C)(C)C)C(=O)OC)cc1OC(=O)CCCC. The maximum atomic E-state index is 12.4. The molecule has 0 bridgehead atoms. The van der Waals surface area contributed by atoms with Gasteiger partial charge in [-0.25, -0.2) is 0 Å². The summed E-state index contributed by atoms with van der Waals surface area (Å²) >= 11 is 0. The topological polar surface area (TPSA) is 117 Å². The fourth-order valence-electron chi connectivity index (χ4n) is 3.33. The molecule has 0 heterocycles. The molecule has 0 aromatic heterocycles. The molecule has 0 spiro atoms. The Kier molecular flexibility index (Phi) is 14.5. The van der Waals surface area contributed by atoms with Gasteiger partial charge in [-0.2, -0.15) is 0 Å². The summed E-state index contributed by atoms with van der Waals surface area (Å²) in [5.41, 5.74) is 0.493. The quantitative estimate of drug-likeness (QED) is 0.190. The minimum atomic E-state index is -0.729. The number of rotatable bonds is 16. The maximum Gasteiger partial charge on any atom is 0.323 e. The number of hydrogen-bond acceptors (Lipinski definition) is 9. The van der Waals surface area contributed by atoms with Crippen LogP contribution >= 0.6 is 0 Å². The van der Waals surface area contributed by atoms with Crippen molar-refractivity contribution in [1.29, 1.82) is 0 Å². The summed E-state index contributed by atoms with van der Waals surface area (Å²) in [6.07, 6.45) is 4.07. The standard InChI is InChI=1S/C28H43NO8/c1-7-9-11-24(30)36-22-14-13-20(18-23(22)37-25(31)12-10-8-2)17-21(27(33)34-6)29-15-16-35-26(32)19-28(3,4)5/h13-14,18,21,29H,7-12,15-17,19H2,1-6H3/t21-/m0/s1. The van der Waals surface area contributed by atoms with Crippen LogP contribution in [0.5, 0.6) is 11.5 Å². The summed E-state index contributed by atoms with van der Waals surface area (Å²) in [5, 5.41) is 3.05. The van der Waals surface area contributed by atoms with Crippen molar-refractivity contribution < 1.29 is 38.1 Å². The van der Waals surface area contributed by atoms with Crippen molar-refractivity contribution in [2.75, 3.05) is 20.3 Å². The van der Waals surface area contributed by atoms with Gasteiger partial charge in [-0.15, -0.1) is 0 Å². The smallest absolute Gasteiger partial charge is 0.323 e. The molecule has 0 saturated carbocycles. The van der Waals surface area contributed by atoms with E-state index >= 15 is 0 Å². The first-order valence-corrected chi connectivity index (χ1v) is 13.0. The van der Waals surface area contributed by atoms with E-state index in [1.54, 1.807) is 18.2 Å². The molecule has 1 aromatic carbocycles. The number of carbonyl (C=O) groups is 4. The molecule has 0 aliphatic heterocycles. The van der Waals surface area contributed by atoms with Crippen LogP contribution in [0.15, 0.2) is 18.2 Å². The minimum Gasteiger partial charge on any atom is -0.468 e. The van der Waals surface area contributed by atoms with E-state index in [1.807, 2.05) is 34.6 Å². The third-order valence-electron chi connectivity index (χ3n) is 5.28. The minimum absolute atomic E-state index is 0.106. The molecular weight excluding hydrogens is 478 g/mol. The van der Waals surface area contributed by atoms with Crippen molar-refractivity contribution in [2.24, 2.45) is 5.41 Å². The molecule has 0 radical (unpaired) electrons. The van der Waals surface area contributed by atoms with E-state index in [0.29, 0.717) is 24.8 Å². The molecule has 0 saturated heterocycles. The maximum absolute atomic E-state index is 12.4. The van der Waals surface area contributed by atoms with Crippen LogP contribution in [0.2, 0.25) is 0 Å². The molecular formula is C28H43NO8. The Hall–Kier alpha value is -2.94. The zero-order valence-corrected chi connectivity index (χ0v) is 23.1. The highest BCUT2D eigenvalue weighted by Gasteiger charge is 2.22. The molecule has 1 atom stereocenters. The molecule has 1 N–H and O–H groups in total. The zero-order valence-electron chi connectivity index (χ0n) is 23.1. The van der Waals surface area contributed by atoms with E-state index in [4.69, 9.17) is 18.9 Å². The molecule has 1 rings (SSSR count). The van der Waals surface area contributed by atoms with Crippen molar-refractivity contribution >= 4 is 23.9 Å². The number of nitrogens with one attached hydrogen (secondary N) is 1. The highest BCUT2D eigenvalue weighted by molar-refractivity contribution is 5.77. The number of benzene rings is 1. The van der Waals surface area contributed by atoms with Gasteiger partial charge in [0.15, 0.2) is 11.5 Å². The van der Waals surface area contributed by atoms with Gasteiger partial charge in [0.1, 0.15) is 12.6 Å². The number of esters is 4. The highest BCUT2D eigenvalue weighted by Crippen LogP contribution is 2.30. The average Bonchev–Trinajstić information content (AvgIpc) is 2.83. The summed E-state index contributed by atoms with van der Waals surface area (Å²) in [6, 6.07) is 4.12. The predicted octanol–water partition coefficient (Wildman–Crippen LogP) is 4.53. The van der Waals surface area contributed by atoms with Gasteiger partial charge in [-0.3, -0.25) is 19.2 Å². The molecule has 9 nitrogen and oxygen atoms in total. The third kappa shape index (κ3) is 13.8. The Bertz CT molecular complexity index is 891. The van der Waals surface area contributed by atoms with E-state index < -0.39 is 23.9 Å². The van der Waals surface area contributed by atoms with Crippen molar-refractivity contribution in [3.8, 4) is 11.5 Å². The molecule has 0 aliphatic carbocycles. The van der Waals surface area contributed by atoms with E-state index in [9.17, 15) is 19.2 Å². The molecule has 0 unspecified atom stereocenters. The molecule has 37 heavy (non-hydrogen) atoms. The van der Waals surface area contributed by atoms with Crippen molar-refractivity contribution in [3.05, 3.63) is 23.8 Å². The lowest BCUT2D eigenvalue weighted by Crippen LogP contribution is -2.41. The summed E-state index contributed by atoms with van der Waals surface area (Å²) < 4.78 is 21.1. The monoisotopic (exact) mass is 521 g/mol. The highest BCUT2D eigenvalue weighted by atomic mass is 16.6. The lowest BCUT2D eigenvalue weighted by Gasteiger charge is -2.19. The van der Waals surface area contributed by atoms with Gasteiger partial charge >= 0.3 is 23.9 Å². The van der Waals surface area contributed by atoms with Crippen LogP contribution in [0.1, 0.15) is 85.1 Å². The third-order valence-corrected chi connectivity index (χ3v) is 5.28. The Labute approximate surface area is 220 Å². The number of carbonyl (C=O) groups excluding carboxylic acids is 4. The van der Waals surface area contributed by atoms with Gasteiger partial charge in [-0.1, -0.05) is 53.5 Å². The van der Waals surface area contributed by atoms with Crippen molar-refractivity contribution in [2.45, 2.75) is 92.0 Å². The van der Waals surface area contributed by atoms with Gasteiger partial charge in [0.05, 0.1) is 13.5 Å². The number of hydrogen-bond donors (Lipinski definition) is 1.